The second-order valence-corrected chi connectivity index (χ2v) is 8.76. The first-order valence-corrected chi connectivity index (χ1v) is 10.7. The number of carbonyl (C=O) groups is 2. The van der Waals surface area contributed by atoms with Crippen LogP contribution in [-0.4, -0.2) is 37.1 Å². The van der Waals surface area contributed by atoms with E-state index in [4.69, 9.17) is 0 Å². The summed E-state index contributed by atoms with van der Waals surface area (Å²) < 4.78 is 40.7. The average Bonchev–Trinajstić information content (AvgIpc) is 2.72. The van der Waals surface area contributed by atoms with Crippen LogP contribution in [0.4, 0.5) is 4.39 Å². The van der Waals surface area contributed by atoms with Gasteiger partial charge in [0.25, 0.3) is 11.8 Å². The molecule has 1 saturated heterocycles. The molecule has 9 heteroatoms. The summed E-state index contributed by atoms with van der Waals surface area (Å²) in [5.74, 6) is -2.15. The van der Waals surface area contributed by atoms with E-state index in [1.54, 1.807) is 0 Å². The zero-order valence-electron chi connectivity index (χ0n) is 15.9. The smallest absolute Gasteiger partial charge is 0.267 e. The van der Waals surface area contributed by atoms with E-state index < -0.39 is 27.7 Å². The van der Waals surface area contributed by atoms with Crippen molar-refractivity contribution in [2.75, 3.05) is 6.54 Å². The lowest BCUT2D eigenvalue weighted by atomic mass is 10.1. The van der Waals surface area contributed by atoms with Gasteiger partial charge in [-0.05, 0) is 56.2 Å². The van der Waals surface area contributed by atoms with E-state index in [1.807, 2.05) is 6.92 Å². The highest BCUT2D eigenvalue weighted by Gasteiger charge is 2.30. The van der Waals surface area contributed by atoms with Gasteiger partial charge < -0.3 is 0 Å². The Morgan fingerprint density at radius 2 is 1.66 bits per heavy atom. The van der Waals surface area contributed by atoms with Crippen molar-refractivity contribution >= 4 is 21.8 Å². The molecule has 0 radical (unpaired) electrons. The van der Waals surface area contributed by atoms with Crippen LogP contribution in [0.5, 0.6) is 0 Å². The lowest BCUT2D eigenvalue weighted by Gasteiger charge is -2.32. The molecule has 154 valence electrons. The fourth-order valence-electron chi connectivity index (χ4n) is 3.24. The predicted molar refractivity (Wildman–Crippen MR) is 105 cm³/mol. The number of nitrogens with zero attached hydrogens (tertiary/aromatic N) is 1. The number of piperidine rings is 1. The first kappa shape index (κ1) is 20.9. The molecule has 0 unspecified atom stereocenters. The molecule has 1 fully saturated rings. The second-order valence-electron chi connectivity index (χ2n) is 6.87. The molecule has 0 spiro atoms. The van der Waals surface area contributed by atoms with Crippen molar-refractivity contribution in [3.8, 4) is 0 Å². The van der Waals surface area contributed by atoms with E-state index in [9.17, 15) is 22.4 Å². The van der Waals surface area contributed by atoms with Crippen LogP contribution < -0.4 is 10.9 Å². The molecule has 2 N–H and O–H groups in total. The number of amides is 2. The standard InChI is InChI=1S/C20H22FN3O4S/c1-14-6-4-5-13-24(14)29(27,28)16-11-9-15(10-12-16)19(25)22-23-20(26)17-7-2-3-8-18(17)21/h2-3,7-12,14H,4-6,13H2,1H3,(H,22,25)(H,23,26)/t14-/m0/s1. The number of hydrazine groups is 1. The number of nitrogens with one attached hydrogen (secondary N) is 2. The number of carbonyl (C=O) groups excluding carboxylic acids is 2. The summed E-state index contributed by atoms with van der Waals surface area (Å²) in [5.41, 5.74) is 4.28. The van der Waals surface area contributed by atoms with Gasteiger partial charge in [-0.3, -0.25) is 20.4 Å². The van der Waals surface area contributed by atoms with Crippen LogP contribution in [0.15, 0.2) is 53.4 Å². The van der Waals surface area contributed by atoms with Crippen LogP contribution in [0.25, 0.3) is 0 Å². The number of hydrogen-bond acceptors (Lipinski definition) is 4. The molecule has 0 bridgehead atoms. The second kappa shape index (κ2) is 8.71. The maximum Gasteiger partial charge on any atom is 0.272 e. The quantitative estimate of drug-likeness (QED) is 0.745. The molecule has 1 aliphatic rings. The molecule has 3 rings (SSSR count). The zero-order valence-corrected chi connectivity index (χ0v) is 16.7. The molecule has 2 amide bonds. The monoisotopic (exact) mass is 419 g/mol. The van der Waals surface area contributed by atoms with Crippen molar-refractivity contribution in [2.45, 2.75) is 37.1 Å². The average molecular weight is 419 g/mol. The normalized spacial score (nSPS) is 17.5. The number of rotatable bonds is 4. The Hall–Kier alpha value is -2.78. The first-order chi connectivity index (χ1) is 13.8. The van der Waals surface area contributed by atoms with Crippen molar-refractivity contribution in [3.63, 3.8) is 0 Å². The van der Waals surface area contributed by atoms with Gasteiger partial charge in [0.15, 0.2) is 0 Å². The van der Waals surface area contributed by atoms with Gasteiger partial charge in [0, 0.05) is 18.2 Å². The first-order valence-electron chi connectivity index (χ1n) is 9.28. The van der Waals surface area contributed by atoms with E-state index in [0.29, 0.717) is 6.54 Å². The number of hydrogen-bond donors (Lipinski definition) is 2. The van der Waals surface area contributed by atoms with E-state index in [-0.39, 0.29) is 22.1 Å². The third-order valence-electron chi connectivity index (χ3n) is 4.87. The molecule has 1 heterocycles. The van der Waals surface area contributed by atoms with Crippen molar-refractivity contribution < 1.29 is 22.4 Å². The lowest BCUT2D eigenvalue weighted by Crippen LogP contribution is -2.42. The number of halogens is 1. The molecule has 0 saturated carbocycles. The summed E-state index contributed by atoms with van der Waals surface area (Å²) in [7, 11) is -3.63. The molecule has 1 aliphatic heterocycles. The SMILES string of the molecule is C[C@H]1CCCCN1S(=O)(=O)c1ccc(C(=O)NNC(=O)c2ccccc2F)cc1. The van der Waals surface area contributed by atoms with Crippen LogP contribution in [0.2, 0.25) is 0 Å². The van der Waals surface area contributed by atoms with E-state index in [1.165, 1.54) is 46.8 Å². The van der Waals surface area contributed by atoms with Gasteiger partial charge in [-0.2, -0.15) is 4.31 Å². The molecule has 0 aromatic heterocycles. The molecule has 0 aliphatic carbocycles. The molecule has 2 aromatic carbocycles. The van der Waals surface area contributed by atoms with Crippen molar-refractivity contribution in [1.29, 1.82) is 0 Å². The Bertz CT molecular complexity index is 1010. The summed E-state index contributed by atoms with van der Waals surface area (Å²) in [6.07, 6.45) is 2.65. The summed E-state index contributed by atoms with van der Waals surface area (Å²) in [5, 5.41) is 0. The molecule has 29 heavy (non-hydrogen) atoms. The van der Waals surface area contributed by atoms with Crippen molar-refractivity contribution in [1.82, 2.24) is 15.2 Å². The zero-order chi connectivity index (χ0) is 21.0. The Labute approximate surface area is 168 Å². The fourth-order valence-corrected chi connectivity index (χ4v) is 4.94. The van der Waals surface area contributed by atoms with Gasteiger partial charge in [-0.1, -0.05) is 18.6 Å². The van der Waals surface area contributed by atoms with Gasteiger partial charge in [0.2, 0.25) is 10.0 Å². The van der Waals surface area contributed by atoms with E-state index in [0.717, 1.165) is 25.3 Å². The minimum absolute atomic E-state index is 0.0645. The van der Waals surface area contributed by atoms with E-state index in [2.05, 4.69) is 10.9 Å². The predicted octanol–water partition coefficient (Wildman–Crippen LogP) is 2.46. The van der Waals surface area contributed by atoms with Crippen molar-refractivity contribution in [3.05, 3.63) is 65.5 Å². The topological polar surface area (TPSA) is 95.6 Å². The highest BCUT2D eigenvalue weighted by Crippen LogP contribution is 2.25. The Balaban J connectivity index is 1.66. The van der Waals surface area contributed by atoms with Gasteiger partial charge in [-0.15, -0.1) is 0 Å². The lowest BCUT2D eigenvalue weighted by molar-refractivity contribution is 0.0844. The van der Waals surface area contributed by atoms with Gasteiger partial charge in [0.1, 0.15) is 5.82 Å². The molecule has 7 nitrogen and oxygen atoms in total. The van der Waals surface area contributed by atoms with Gasteiger partial charge in [0.05, 0.1) is 10.5 Å². The molecule has 1 atom stereocenters. The minimum atomic E-state index is -3.63. The maximum atomic E-state index is 13.6. The Morgan fingerprint density at radius 1 is 1.00 bits per heavy atom. The summed E-state index contributed by atoms with van der Waals surface area (Å²) in [4.78, 5) is 24.3. The van der Waals surface area contributed by atoms with Crippen LogP contribution in [0, 0.1) is 5.82 Å². The highest BCUT2D eigenvalue weighted by molar-refractivity contribution is 7.89. The van der Waals surface area contributed by atoms with Crippen LogP contribution >= 0.6 is 0 Å². The third kappa shape index (κ3) is 4.63. The van der Waals surface area contributed by atoms with Crippen LogP contribution in [-0.2, 0) is 10.0 Å². The molecular weight excluding hydrogens is 397 g/mol. The molecular formula is C20H22FN3O4S. The van der Waals surface area contributed by atoms with Crippen molar-refractivity contribution in [2.24, 2.45) is 0 Å². The largest absolute Gasteiger partial charge is 0.272 e. The summed E-state index contributed by atoms with van der Waals surface area (Å²) >= 11 is 0. The number of sulfonamides is 1. The van der Waals surface area contributed by atoms with E-state index >= 15 is 0 Å². The van der Waals surface area contributed by atoms with Crippen LogP contribution in [0.1, 0.15) is 46.9 Å². The Kier molecular flexibility index (Phi) is 6.29. The van der Waals surface area contributed by atoms with Gasteiger partial charge in [-0.25, -0.2) is 12.8 Å². The highest BCUT2D eigenvalue weighted by atomic mass is 32.2. The Morgan fingerprint density at radius 3 is 2.31 bits per heavy atom. The summed E-state index contributed by atoms with van der Waals surface area (Å²) in [6.45, 7) is 2.37. The molecule has 2 aromatic rings. The van der Waals surface area contributed by atoms with Gasteiger partial charge >= 0.3 is 0 Å². The summed E-state index contributed by atoms with van der Waals surface area (Å²) in [6, 6.07) is 10.8. The number of benzene rings is 2. The van der Waals surface area contributed by atoms with Crippen LogP contribution in [0.3, 0.4) is 0 Å². The minimum Gasteiger partial charge on any atom is -0.267 e. The fraction of sp³-hybridized carbons (Fsp3) is 0.300. The third-order valence-corrected chi connectivity index (χ3v) is 6.90. The maximum absolute atomic E-state index is 13.6.